The maximum atomic E-state index is 12.3. The summed E-state index contributed by atoms with van der Waals surface area (Å²) in [5, 5.41) is 15.8. The summed E-state index contributed by atoms with van der Waals surface area (Å²) in [4.78, 5) is 22.7. The fraction of sp³-hybridized carbons (Fsp3) is 0.100. The van der Waals surface area contributed by atoms with Crippen molar-refractivity contribution < 1.29 is 23.4 Å². The second-order valence-electron chi connectivity index (χ2n) is 6.11. The van der Waals surface area contributed by atoms with Gasteiger partial charge in [0.1, 0.15) is 17.9 Å². The Morgan fingerprint density at radius 2 is 1.96 bits per heavy atom. The highest BCUT2D eigenvalue weighted by Crippen LogP contribution is 2.28. The number of aromatic nitrogens is 1. The molecule has 0 bridgehead atoms. The largest absolute Gasteiger partial charge is 0.455 e. The first-order chi connectivity index (χ1) is 13.5. The van der Waals surface area contributed by atoms with Gasteiger partial charge >= 0.3 is 5.97 Å². The Labute approximate surface area is 158 Å². The molecule has 0 unspecified atom stereocenters. The smallest absolute Gasteiger partial charge is 0.339 e. The first kappa shape index (κ1) is 17.5. The van der Waals surface area contributed by atoms with Gasteiger partial charge in [0.05, 0.1) is 10.5 Å². The highest BCUT2D eigenvalue weighted by Gasteiger charge is 2.20. The van der Waals surface area contributed by atoms with Crippen LogP contribution in [0.1, 0.15) is 21.6 Å². The molecule has 28 heavy (non-hydrogen) atoms. The lowest BCUT2D eigenvalue weighted by Gasteiger charge is -2.05. The molecular formula is C20H14N2O6. The number of nitrogens with zero attached hydrogens (tertiary/aromatic N) is 2. The average Bonchev–Trinajstić information content (AvgIpc) is 3.32. The van der Waals surface area contributed by atoms with Crippen molar-refractivity contribution in [2.24, 2.45) is 0 Å². The normalized spacial score (nSPS) is 10.9. The minimum absolute atomic E-state index is 0.134. The van der Waals surface area contributed by atoms with Gasteiger partial charge in [-0.25, -0.2) is 4.79 Å². The maximum absolute atomic E-state index is 12.3. The van der Waals surface area contributed by atoms with Crippen LogP contribution in [-0.2, 0) is 11.3 Å². The zero-order valence-corrected chi connectivity index (χ0v) is 14.7. The summed E-state index contributed by atoms with van der Waals surface area (Å²) in [6.07, 6.45) is 0. The maximum Gasteiger partial charge on any atom is 0.339 e. The van der Waals surface area contributed by atoms with Crippen LogP contribution in [0.15, 0.2) is 63.5 Å². The molecule has 0 aliphatic rings. The molecule has 140 valence electrons. The molecule has 0 atom stereocenters. The molecule has 0 N–H and O–H groups in total. The number of rotatable bonds is 5. The van der Waals surface area contributed by atoms with Crippen molar-refractivity contribution in [3.63, 3.8) is 0 Å². The summed E-state index contributed by atoms with van der Waals surface area (Å²) in [5.74, 6) is 0.254. The Balaban J connectivity index is 1.48. The summed E-state index contributed by atoms with van der Waals surface area (Å²) in [5.41, 5.74) is 1.37. The Morgan fingerprint density at radius 3 is 2.75 bits per heavy atom. The lowest BCUT2D eigenvalue weighted by Crippen LogP contribution is -2.08. The summed E-state index contributed by atoms with van der Waals surface area (Å²) in [7, 11) is 0. The van der Waals surface area contributed by atoms with Gasteiger partial charge < -0.3 is 13.7 Å². The first-order valence-electron chi connectivity index (χ1n) is 8.38. The third kappa shape index (κ3) is 3.23. The van der Waals surface area contributed by atoms with Gasteiger partial charge in [-0.05, 0) is 25.1 Å². The number of furan rings is 1. The number of para-hydroxylation sites is 1. The van der Waals surface area contributed by atoms with Crippen LogP contribution in [0, 0.1) is 17.0 Å². The second-order valence-corrected chi connectivity index (χ2v) is 6.11. The van der Waals surface area contributed by atoms with Crippen LogP contribution in [0.25, 0.3) is 22.5 Å². The van der Waals surface area contributed by atoms with Gasteiger partial charge in [0.15, 0.2) is 5.76 Å². The Hall–Kier alpha value is -3.94. The van der Waals surface area contributed by atoms with Gasteiger partial charge in [0.25, 0.3) is 5.69 Å². The molecule has 8 heteroatoms. The quantitative estimate of drug-likeness (QED) is 0.282. The van der Waals surface area contributed by atoms with Crippen molar-refractivity contribution in [1.29, 1.82) is 0 Å². The minimum atomic E-state index is -0.672. The number of hydrogen-bond donors (Lipinski definition) is 0. The summed E-state index contributed by atoms with van der Waals surface area (Å²) in [6, 6.07) is 15.2. The van der Waals surface area contributed by atoms with Crippen molar-refractivity contribution in [2.75, 3.05) is 0 Å². The highest BCUT2D eigenvalue weighted by atomic mass is 16.6. The monoisotopic (exact) mass is 378 g/mol. The van der Waals surface area contributed by atoms with Gasteiger partial charge in [0.2, 0.25) is 5.76 Å². The standard InChI is InChI=1S/C20H14N2O6/c1-12-15(6-4-7-16(12)22(24)25)20(23)26-11-14-10-19(28-21-14)18-9-13-5-2-3-8-17(13)27-18/h2-10H,11H2,1H3. The number of ether oxygens (including phenoxy) is 1. The second kappa shape index (κ2) is 6.99. The van der Waals surface area contributed by atoms with Gasteiger partial charge in [-0.1, -0.05) is 29.4 Å². The molecule has 0 saturated heterocycles. The van der Waals surface area contributed by atoms with Gasteiger partial charge in [-0.15, -0.1) is 0 Å². The van der Waals surface area contributed by atoms with Crippen LogP contribution in [-0.4, -0.2) is 16.0 Å². The molecule has 2 heterocycles. The zero-order chi connectivity index (χ0) is 19.7. The lowest BCUT2D eigenvalue weighted by atomic mass is 10.1. The van der Waals surface area contributed by atoms with Crippen molar-refractivity contribution in [1.82, 2.24) is 5.16 Å². The Kier molecular flexibility index (Phi) is 4.36. The molecule has 0 aliphatic carbocycles. The number of esters is 1. The van der Waals surface area contributed by atoms with Gasteiger partial charge in [-0.2, -0.15) is 0 Å². The van der Waals surface area contributed by atoms with Crippen LogP contribution in [0.4, 0.5) is 5.69 Å². The molecule has 2 aromatic heterocycles. The van der Waals surface area contributed by atoms with Crippen molar-refractivity contribution >= 4 is 22.6 Å². The fourth-order valence-corrected chi connectivity index (χ4v) is 2.86. The molecule has 0 radical (unpaired) electrons. The summed E-state index contributed by atoms with van der Waals surface area (Å²) < 4.78 is 16.2. The molecule has 4 rings (SSSR count). The van der Waals surface area contributed by atoms with E-state index in [9.17, 15) is 14.9 Å². The van der Waals surface area contributed by atoms with Crippen LogP contribution in [0.5, 0.6) is 0 Å². The predicted molar refractivity (Wildman–Crippen MR) is 98.7 cm³/mol. The van der Waals surface area contributed by atoms with Gasteiger partial charge in [0, 0.05) is 23.1 Å². The SMILES string of the molecule is Cc1c(C(=O)OCc2cc(-c3cc4ccccc4o3)on2)cccc1[N+](=O)[O-]. The van der Waals surface area contributed by atoms with E-state index in [1.165, 1.54) is 25.1 Å². The number of nitro benzene ring substituents is 1. The van der Waals surface area contributed by atoms with E-state index >= 15 is 0 Å². The van der Waals surface area contributed by atoms with Crippen LogP contribution < -0.4 is 0 Å². The predicted octanol–water partition coefficient (Wildman–Crippen LogP) is 4.66. The number of carbonyl (C=O) groups is 1. The summed E-state index contributed by atoms with van der Waals surface area (Å²) >= 11 is 0. The number of nitro groups is 1. The van der Waals surface area contributed by atoms with E-state index in [1.807, 2.05) is 30.3 Å². The third-order valence-electron chi connectivity index (χ3n) is 4.30. The molecule has 0 aliphatic heterocycles. The van der Waals surface area contributed by atoms with E-state index in [0.717, 1.165) is 11.0 Å². The lowest BCUT2D eigenvalue weighted by molar-refractivity contribution is -0.385. The number of hydrogen-bond acceptors (Lipinski definition) is 7. The number of fused-ring (bicyclic) bond motifs is 1. The van der Waals surface area contributed by atoms with E-state index in [1.54, 1.807) is 6.07 Å². The molecule has 2 aromatic carbocycles. The topological polar surface area (TPSA) is 109 Å². The van der Waals surface area contributed by atoms with Crippen molar-refractivity contribution in [2.45, 2.75) is 13.5 Å². The van der Waals surface area contributed by atoms with Crippen LogP contribution in [0.3, 0.4) is 0 Å². The van der Waals surface area contributed by atoms with Crippen molar-refractivity contribution in [3.8, 4) is 11.5 Å². The van der Waals surface area contributed by atoms with E-state index < -0.39 is 10.9 Å². The van der Waals surface area contributed by atoms with E-state index in [0.29, 0.717) is 17.2 Å². The van der Waals surface area contributed by atoms with E-state index in [4.69, 9.17) is 13.7 Å². The minimum Gasteiger partial charge on any atom is -0.455 e. The zero-order valence-electron chi connectivity index (χ0n) is 14.7. The molecule has 0 spiro atoms. The average molecular weight is 378 g/mol. The molecular weight excluding hydrogens is 364 g/mol. The Morgan fingerprint density at radius 1 is 1.14 bits per heavy atom. The van der Waals surface area contributed by atoms with Crippen LogP contribution >= 0.6 is 0 Å². The van der Waals surface area contributed by atoms with E-state index in [2.05, 4.69) is 5.16 Å². The highest BCUT2D eigenvalue weighted by molar-refractivity contribution is 5.92. The van der Waals surface area contributed by atoms with Crippen molar-refractivity contribution in [3.05, 3.63) is 81.5 Å². The van der Waals surface area contributed by atoms with Crippen LogP contribution in [0.2, 0.25) is 0 Å². The van der Waals surface area contributed by atoms with E-state index in [-0.39, 0.29) is 23.4 Å². The molecule has 8 nitrogen and oxygen atoms in total. The Bertz CT molecular complexity index is 1160. The molecule has 0 saturated carbocycles. The van der Waals surface area contributed by atoms with Gasteiger partial charge in [-0.3, -0.25) is 10.1 Å². The molecule has 0 amide bonds. The third-order valence-corrected chi connectivity index (χ3v) is 4.30. The fourth-order valence-electron chi connectivity index (χ4n) is 2.86. The number of carbonyl (C=O) groups excluding carboxylic acids is 1. The number of benzene rings is 2. The molecule has 4 aromatic rings. The molecule has 0 fully saturated rings. The summed E-state index contributed by atoms with van der Waals surface area (Å²) in [6.45, 7) is 1.37. The first-order valence-corrected chi connectivity index (χ1v) is 8.38.